The van der Waals surface area contributed by atoms with Crippen LogP contribution in [0, 0.1) is 22.7 Å². The minimum Gasteiger partial charge on any atom is -0.389 e. The molecule has 1 saturated carbocycles. The predicted octanol–water partition coefficient (Wildman–Crippen LogP) is 3.26. The van der Waals surface area contributed by atoms with Gasteiger partial charge in [0.1, 0.15) is 22.6 Å². The maximum atomic E-state index is 14.0. The number of carbonyl (C=O) groups excluding carboxylic acids is 2. The number of hydrogen-bond donors (Lipinski definition) is 3. The standard InChI is InChI=1S/C33H43N9O2S/c1-4-27(43)42-15-13-40(14-16-42)23-17-25(37-26(18-23)41-11-9-39(10-12-41)20-22-5-6-22)30(35)38-32(44)33(3)8-7-21(2)29-28(33)24(19-34)31(36)45-29/h4,17-18,21-22H,1,5-16,20,36H2,2-3H3,(H2,35,38,44). The highest BCUT2D eigenvalue weighted by Gasteiger charge is 2.45. The van der Waals surface area contributed by atoms with Crippen LogP contribution in [-0.4, -0.2) is 91.3 Å². The maximum absolute atomic E-state index is 14.0. The number of fused-ring (bicyclic) bond motifs is 1. The summed E-state index contributed by atoms with van der Waals surface area (Å²) in [6.07, 6.45) is 5.38. The van der Waals surface area contributed by atoms with Gasteiger partial charge < -0.3 is 25.8 Å². The number of anilines is 3. The Kier molecular flexibility index (Phi) is 8.59. The number of hydrogen-bond acceptors (Lipinski definition) is 10. The lowest BCUT2D eigenvalue weighted by molar-refractivity contribution is -0.126. The Morgan fingerprint density at radius 1 is 1.16 bits per heavy atom. The van der Waals surface area contributed by atoms with Crippen molar-refractivity contribution < 1.29 is 9.59 Å². The van der Waals surface area contributed by atoms with E-state index in [4.69, 9.17) is 16.1 Å². The first kappa shape index (κ1) is 31.0. The summed E-state index contributed by atoms with van der Waals surface area (Å²) < 4.78 is 0. The zero-order chi connectivity index (χ0) is 31.9. The van der Waals surface area contributed by atoms with Crippen molar-refractivity contribution in [3.8, 4) is 6.07 Å². The molecular formula is C33H43N9O2S. The molecule has 238 valence electrons. The van der Waals surface area contributed by atoms with Crippen LogP contribution in [0.15, 0.2) is 24.8 Å². The molecule has 2 amide bonds. The van der Waals surface area contributed by atoms with Crippen molar-refractivity contribution in [3.05, 3.63) is 46.5 Å². The Balaban J connectivity index is 1.25. The normalized spacial score (nSPS) is 23.7. The Hall–Kier alpha value is -3.95. The monoisotopic (exact) mass is 629 g/mol. The number of nitrogens with zero attached hydrogens (tertiary/aromatic N) is 6. The summed E-state index contributed by atoms with van der Waals surface area (Å²) in [5.74, 6) is 1.38. The molecule has 45 heavy (non-hydrogen) atoms. The fraction of sp³-hybridized carbons (Fsp3) is 0.545. The van der Waals surface area contributed by atoms with Gasteiger partial charge in [-0.2, -0.15) is 5.26 Å². The van der Waals surface area contributed by atoms with Crippen molar-refractivity contribution in [2.75, 3.05) is 74.4 Å². The van der Waals surface area contributed by atoms with E-state index >= 15 is 0 Å². The van der Waals surface area contributed by atoms with Gasteiger partial charge in [-0.25, -0.2) is 4.98 Å². The second kappa shape index (κ2) is 12.4. The van der Waals surface area contributed by atoms with Crippen LogP contribution in [0.5, 0.6) is 0 Å². The number of nitrogens with one attached hydrogen (secondary N) is 2. The van der Waals surface area contributed by atoms with E-state index < -0.39 is 5.41 Å². The van der Waals surface area contributed by atoms with Gasteiger partial charge in [0.2, 0.25) is 11.8 Å². The van der Waals surface area contributed by atoms with Gasteiger partial charge in [-0.3, -0.25) is 19.9 Å². The van der Waals surface area contributed by atoms with Crippen LogP contribution < -0.4 is 20.9 Å². The summed E-state index contributed by atoms with van der Waals surface area (Å²) >= 11 is 1.39. The van der Waals surface area contributed by atoms with E-state index in [1.165, 1.54) is 36.8 Å². The molecule has 2 unspecified atom stereocenters. The van der Waals surface area contributed by atoms with Crippen LogP contribution in [0.1, 0.15) is 67.1 Å². The molecule has 0 radical (unpaired) electrons. The second-order valence-electron chi connectivity index (χ2n) is 13.1. The van der Waals surface area contributed by atoms with Crippen molar-refractivity contribution in [2.24, 2.45) is 5.92 Å². The number of nitrogens with two attached hydrogens (primary N) is 1. The van der Waals surface area contributed by atoms with Crippen LogP contribution in [0.25, 0.3) is 0 Å². The van der Waals surface area contributed by atoms with Crippen LogP contribution in [-0.2, 0) is 15.0 Å². The molecule has 0 spiro atoms. The number of aromatic nitrogens is 1. The van der Waals surface area contributed by atoms with E-state index in [-0.39, 0.29) is 23.6 Å². The zero-order valence-corrected chi connectivity index (χ0v) is 27.1. The number of amidine groups is 1. The summed E-state index contributed by atoms with van der Waals surface area (Å²) in [5.41, 5.74) is 7.62. The molecule has 4 aliphatic rings. The van der Waals surface area contributed by atoms with E-state index in [1.54, 1.807) is 4.90 Å². The Labute approximate surface area is 269 Å². The molecule has 12 heteroatoms. The summed E-state index contributed by atoms with van der Waals surface area (Å²) in [5, 5.41) is 22.3. The minimum atomic E-state index is -0.986. The number of pyridine rings is 1. The molecule has 2 atom stereocenters. The lowest BCUT2D eigenvalue weighted by Gasteiger charge is -2.38. The molecule has 2 saturated heterocycles. The fourth-order valence-electron chi connectivity index (χ4n) is 6.89. The average Bonchev–Trinajstić information content (AvgIpc) is 3.80. The molecular weight excluding hydrogens is 586 g/mol. The molecule has 0 aromatic carbocycles. The average molecular weight is 630 g/mol. The van der Waals surface area contributed by atoms with E-state index in [1.807, 2.05) is 13.0 Å². The predicted molar refractivity (Wildman–Crippen MR) is 178 cm³/mol. The lowest BCUT2D eigenvalue weighted by Crippen LogP contribution is -2.49. The van der Waals surface area contributed by atoms with E-state index in [9.17, 15) is 14.9 Å². The van der Waals surface area contributed by atoms with Crippen molar-refractivity contribution in [1.82, 2.24) is 20.1 Å². The van der Waals surface area contributed by atoms with Crippen LogP contribution in [0.2, 0.25) is 0 Å². The lowest BCUT2D eigenvalue weighted by atomic mass is 9.69. The number of nitrogen functional groups attached to an aromatic ring is 1. The van der Waals surface area contributed by atoms with Gasteiger partial charge in [0.15, 0.2) is 5.84 Å². The highest BCUT2D eigenvalue weighted by atomic mass is 32.1. The Morgan fingerprint density at radius 3 is 2.49 bits per heavy atom. The van der Waals surface area contributed by atoms with Gasteiger partial charge in [0.05, 0.1) is 11.0 Å². The number of piperazine rings is 2. The van der Waals surface area contributed by atoms with Crippen LogP contribution >= 0.6 is 11.3 Å². The molecule has 2 aliphatic carbocycles. The third kappa shape index (κ3) is 6.16. The summed E-state index contributed by atoms with van der Waals surface area (Å²) in [6.45, 7) is 14.8. The highest BCUT2D eigenvalue weighted by molar-refractivity contribution is 7.16. The fourth-order valence-corrected chi connectivity index (χ4v) is 8.13. The van der Waals surface area contributed by atoms with Crippen LogP contribution in [0.4, 0.5) is 16.5 Å². The quantitative estimate of drug-likeness (QED) is 0.240. The van der Waals surface area contributed by atoms with Crippen molar-refractivity contribution >= 4 is 45.5 Å². The van der Waals surface area contributed by atoms with E-state index in [2.05, 4.69) is 45.7 Å². The number of thiophene rings is 1. The summed E-state index contributed by atoms with van der Waals surface area (Å²) in [6, 6.07) is 6.17. The maximum Gasteiger partial charge on any atom is 0.246 e. The van der Waals surface area contributed by atoms with Crippen molar-refractivity contribution in [2.45, 2.75) is 50.9 Å². The Morgan fingerprint density at radius 2 is 1.84 bits per heavy atom. The summed E-state index contributed by atoms with van der Waals surface area (Å²) in [4.78, 5) is 40.9. The number of nitriles is 1. The van der Waals surface area contributed by atoms with Crippen molar-refractivity contribution in [3.63, 3.8) is 0 Å². The smallest absolute Gasteiger partial charge is 0.246 e. The number of carbonyl (C=O) groups is 2. The minimum absolute atomic E-state index is 0.0694. The van der Waals surface area contributed by atoms with Gasteiger partial charge in [-0.1, -0.05) is 13.5 Å². The largest absolute Gasteiger partial charge is 0.389 e. The van der Waals surface area contributed by atoms with Gasteiger partial charge in [-0.05, 0) is 56.6 Å². The summed E-state index contributed by atoms with van der Waals surface area (Å²) in [7, 11) is 0. The third-order valence-electron chi connectivity index (χ3n) is 9.98. The number of rotatable bonds is 7. The number of amides is 2. The molecule has 0 bridgehead atoms. The topological polar surface area (TPSA) is 146 Å². The molecule has 4 heterocycles. The first-order valence-corrected chi connectivity index (χ1v) is 16.8. The molecule has 2 aliphatic heterocycles. The molecule has 11 nitrogen and oxygen atoms in total. The first-order chi connectivity index (χ1) is 21.6. The second-order valence-corrected chi connectivity index (χ2v) is 14.2. The highest BCUT2D eigenvalue weighted by Crippen LogP contribution is 2.50. The van der Waals surface area contributed by atoms with Gasteiger partial charge >= 0.3 is 0 Å². The molecule has 6 rings (SSSR count). The van der Waals surface area contributed by atoms with Gasteiger partial charge in [0, 0.05) is 81.1 Å². The molecule has 2 aromatic heterocycles. The Bertz CT molecular complexity index is 1540. The molecule has 2 aromatic rings. The SMILES string of the molecule is C=CC(=O)N1CCN(c2cc(C(=N)NC(=O)C3(C)CCC(C)c4sc(N)c(C#N)c43)nc(N3CCN(CC4CC4)CC3)c2)CC1. The zero-order valence-electron chi connectivity index (χ0n) is 26.3. The van der Waals surface area contributed by atoms with Gasteiger partial charge in [-0.15, -0.1) is 11.3 Å². The van der Waals surface area contributed by atoms with Gasteiger partial charge in [0.25, 0.3) is 0 Å². The first-order valence-electron chi connectivity index (χ1n) is 16.0. The molecule has 4 N–H and O–H groups in total. The third-order valence-corrected chi connectivity index (χ3v) is 11.2. The van der Waals surface area contributed by atoms with Crippen molar-refractivity contribution in [1.29, 1.82) is 10.7 Å². The molecule has 3 fully saturated rings. The van der Waals surface area contributed by atoms with E-state index in [0.717, 1.165) is 54.9 Å². The van der Waals surface area contributed by atoms with E-state index in [0.29, 0.717) is 54.4 Å². The van der Waals surface area contributed by atoms with Crippen LogP contribution in [0.3, 0.4) is 0 Å².